The highest BCUT2D eigenvalue weighted by molar-refractivity contribution is 5.96. The van der Waals surface area contributed by atoms with Crippen LogP contribution in [-0.2, 0) is 9.59 Å². The van der Waals surface area contributed by atoms with Crippen LogP contribution in [0.25, 0.3) is 0 Å². The molecule has 0 radical (unpaired) electrons. The van der Waals surface area contributed by atoms with Gasteiger partial charge in [-0.25, -0.2) is 4.98 Å². The summed E-state index contributed by atoms with van der Waals surface area (Å²) in [4.78, 5) is 30.2. The molecule has 0 saturated carbocycles. The van der Waals surface area contributed by atoms with Crippen molar-refractivity contribution in [3.8, 4) is 0 Å². The lowest BCUT2D eigenvalue weighted by Gasteiger charge is -2.26. The molecule has 0 aliphatic carbocycles. The van der Waals surface area contributed by atoms with Crippen LogP contribution < -0.4 is 5.32 Å². The normalized spacial score (nSPS) is 17.5. The first-order valence-corrected chi connectivity index (χ1v) is 7.12. The van der Waals surface area contributed by atoms with Crippen molar-refractivity contribution in [2.45, 2.75) is 45.6 Å². The maximum Gasteiger partial charge on any atom is 0.248 e. The zero-order valence-corrected chi connectivity index (χ0v) is 12.1. The van der Waals surface area contributed by atoms with E-state index in [1.807, 2.05) is 19.1 Å². The molecule has 1 aromatic rings. The van der Waals surface area contributed by atoms with Crippen molar-refractivity contribution < 1.29 is 9.59 Å². The fraction of sp³-hybridized carbons (Fsp3) is 0.533. The summed E-state index contributed by atoms with van der Waals surface area (Å²) in [5, 5.41) is 2.78. The highest BCUT2D eigenvalue weighted by Crippen LogP contribution is 2.15. The number of hydrogen-bond acceptors (Lipinski definition) is 3. The van der Waals surface area contributed by atoms with Crippen molar-refractivity contribution in [1.29, 1.82) is 0 Å². The van der Waals surface area contributed by atoms with E-state index in [0.29, 0.717) is 18.8 Å². The Morgan fingerprint density at radius 1 is 1.35 bits per heavy atom. The molecule has 5 nitrogen and oxygen atoms in total. The Balaban J connectivity index is 2.02. The predicted molar refractivity (Wildman–Crippen MR) is 77.2 cm³/mol. The van der Waals surface area contributed by atoms with Crippen molar-refractivity contribution in [2.24, 2.45) is 0 Å². The number of rotatable bonds is 3. The molecule has 1 saturated heterocycles. The number of pyridine rings is 1. The van der Waals surface area contributed by atoms with Gasteiger partial charge in [-0.1, -0.05) is 12.5 Å². The molecular weight excluding hydrogens is 254 g/mol. The second-order valence-electron chi connectivity index (χ2n) is 5.23. The summed E-state index contributed by atoms with van der Waals surface area (Å²) in [6, 6.07) is 5.02. The van der Waals surface area contributed by atoms with Crippen molar-refractivity contribution in [2.75, 3.05) is 11.9 Å². The summed E-state index contributed by atoms with van der Waals surface area (Å²) >= 11 is 0. The van der Waals surface area contributed by atoms with E-state index in [4.69, 9.17) is 0 Å². The van der Waals surface area contributed by atoms with Crippen LogP contribution in [0.1, 0.15) is 38.3 Å². The molecule has 2 heterocycles. The third kappa shape index (κ3) is 3.56. The van der Waals surface area contributed by atoms with Crippen LogP contribution in [0.3, 0.4) is 0 Å². The molecule has 0 spiro atoms. The van der Waals surface area contributed by atoms with Gasteiger partial charge < -0.3 is 10.2 Å². The molecule has 20 heavy (non-hydrogen) atoms. The summed E-state index contributed by atoms with van der Waals surface area (Å²) in [5.41, 5.74) is 0.848. The van der Waals surface area contributed by atoms with Gasteiger partial charge in [0.15, 0.2) is 0 Å². The number of hydrogen-bond donors (Lipinski definition) is 1. The molecule has 1 N–H and O–H groups in total. The van der Waals surface area contributed by atoms with Gasteiger partial charge in [0.1, 0.15) is 11.9 Å². The van der Waals surface area contributed by atoms with Crippen LogP contribution in [-0.4, -0.2) is 34.3 Å². The minimum absolute atomic E-state index is 0.0716. The maximum atomic E-state index is 12.2. The van der Waals surface area contributed by atoms with E-state index in [-0.39, 0.29) is 11.8 Å². The standard InChI is InChI=1S/C15H21N3O2/c1-11-7-6-8-13(16-11)17-15(20)12(2)18-10-5-3-4-9-14(18)19/h6-8,12H,3-5,9-10H2,1-2H3,(H,16,17,20)/t12-/m0/s1. The van der Waals surface area contributed by atoms with Crippen LogP contribution >= 0.6 is 0 Å². The van der Waals surface area contributed by atoms with Crippen molar-refractivity contribution in [3.63, 3.8) is 0 Å². The van der Waals surface area contributed by atoms with Crippen molar-refractivity contribution in [3.05, 3.63) is 23.9 Å². The van der Waals surface area contributed by atoms with Crippen LogP contribution in [0.2, 0.25) is 0 Å². The Hall–Kier alpha value is -1.91. The number of likely N-dealkylation sites (tertiary alicyclic amines) is 1. The van der Waals surface area contributed by atoms with Crippen LogP contribution in [0.15, 0.2) is 18.2 Å². The van der Waals surface area contributed by atoms with Gasteiger partial charge in [-0.15, -0.1) is 0 Å². The van der Waals surface area contributed by atoms with Crippen molar-refractivity contribution >= 4 is 17.6 Å². The molecular formula is C15H21N3O2. The molecule has 0 aromatic carbocycles. The molecule has 1 aliphatic heterocycles. The lowest BCUT2D eigenvalue weighted by atomic mass is 10.2. The summed E-state index contributed by atoms with van der Waals surface area (Å²) in [6.07, 6.45) is 3.48. The average molecular weight is 275 g/mol. The van der Waals surface area contributed by atoms with Gasteiger partial charge in [0.05, 0.1) is 0 Å². The highest BCUT2D eigenvalue weighted by atomic mass is 16.2. The Labute approximate surface area is 119 Å². The first-order chi connectivity index (χ1) is 9.58. The monoisotopic (exact) mass is 275 g/mol. The number of amides is 2. The molecule has 1 fully saturated rings. The minimum atomic E-state index is -0.456. The van der Waals surface area contributed by atoms with Gasteiger partial charge in [0, 0.05) is 18.7 Å². The highest BCUT2D eigenvalue weighted by Gasteiger charge is 2.26. The molecule has 2 amide bonds. The lowest BCUT2D eigenvalue weighted by molar-refractivity contribution is -0.137. The molecule has 5 heteroatoms. The van der Waals surface area contributed by atoms with E-state index in [2.05, 4.69) is 10.3 Å². The number of nitrogens with zero attached hydrogens (tertiary/aromatic N) is 2. The lowest BCUT2D eigenvalue weighted by Crippen LogP contribution is -2.45. The molecule has 0 bridgehead atoms. The number of anilines is 1. The first kappa shape index (κ1) is 14.5. The molecule has 1 aromatic heterocycles. The number of aryl methyl sites for hydroxylation is 1. The van der Waals surface area contributed by atoms with E-state index >= 15 is 0 Å². The Morgan fingerprint density at radius 3 is 2.90 bits per heavy atom. The molecule has 1 atom stereocenters. The number of carbonyl (C=O) groups excluding carboxylic acids is 2. The van der Waals surface area contributed by atoms with Gasteiger partial charge in [-0.2, -0.15) is 0 Å². The summed E-state index contributed by atoms with van der Waals surface area (Å²) in [5.74, 6) is 0.421. The fourth-order valence-electron chi connectivity index (χ4n) is 2.40. The molecule has 2 rings (SSSR count). The van der Waals surface area contributed by atoms with E-state index < -0.39 is 6.04 Å². The fourth-order valence-corrected chi connectivity index (χ4v) is 2.40. The molecule has 1 aliphatic rings. The SMILES string of the molecule is Cc1cccc(NC(=O)[C@H](C)N2CCCCCC2=O)n1. The van der Waals surface area contributed by atoms with Gasteiger partial charge >= 0.3 is 0 Å². The third-order valence-corrected chi connectivity index (χ3v) is 3.60. The van der Waals surface area contributed by atoms with Gasteiger partial charge in [0.2, 0.25) is 11.8 Å². The Morgan fingerprint density at radius 2 is 2.15 bits per heavy atom. The van der Waals surface area contributed by atoms with Gasteiger partial charge in [0.25, 0.3) is 0 Å². The largest absolute Gasteiger partial charge is 0.331 e. The van der Waals surface area contributed by atoms with E-state index in [9.17, 15) is 9.59 Å². The quantitative estimate of drug-likeness (QED) is 0.919. The second kappa shape index (κ2) is 6.50. The van der Waals surface area contributed by atoms with Gasteiger partial charge in [-0.05, 0) is 38.8 Å². The second-order valence-corrected chi connectivity index (χ2v) is 5.23. The summed E-state index contributed by atoms with van der Waals surface area (Å²) in [6.45, 7) is 4.31. The van der Waals surface area contributed by atoms with E-state index in [0.717, 1.165) is 25.0 Å². The minimum Gasteiger partial charge on any atom is -0.331 e. The van der Waals surface area contributed by atoms with Crippen molar-refractivity contribution in [1.82, 2.24) is 9.88 Å². The molecule has 108 valence electrons. The van der Waals surface area contributed by atoms with Gasteiger partial charge in [-0.3, -0.25) is 9.59 Å². The zero-order valence-electron chi connectivity index (χ0n) is 12.1. The number of carbonyl (C=O) groups is 2. The summed E-state index contributed by atoms with van der Waals surface area (Å²) < 4.78 is 0. The summed E-state index contributed by atoms with van der Waals surface area (Å²) in [7, 11) is 0. The van der Waals surface area contributed by atoms with Crippen LogP contribution in [0.4, 0.5) is 5.82 Å². The number of aromatic nitrogens is 1. The zero-order chi connectivity index (χ0) is 14.5. The third-order valence-electron chi connectivity index (χ3n) is 3.60. The van der Waals surface area contributed by atoms with Crippen LogP contribution in [0.5, 0.6) is 0 Å². The maximum absolute atomic E-state index is 12.2. The smallest absolute Gasteiger partial charge is 0.248 e. The topological polar surface area (TPSA) is 62.3 Å². The number of nitrogens with one attached hydrogen (secondary N) is 1. The van der Waals surface area contributed by atoms with Crippen LogP contribution in [0, 0.1) is 6.92 Å². The predicted octanol–water partition coefficient (Wildman–Crippen LogP) is 2.12. The Kier molecular flexibility index (Phi) is 4.71. The first-order valence-electron chi connectivity index (χ1n) is 7.12. The Bertz CT molecular complexity index is 502. The average Bonchev–Trinajstić information content (AvgIpc) is 2.62. The van der Waals surface area contributed by atoms with E-state index in [1.165, 1.54) is 0 Å². The van der Waals surface area contributed by atoms with E-state index in [1.54, 1.807) is 17.9 Å². The molecule has 0 unspecified atom stereocenters.